The molecule has 2 aromatic heterocycles. The smallest absolute Gasteiger partial charge is 0.227 e. The minimum absolute atomic E-state index is 0.177. The molecule has 1 aromatic carbocycles. The molecule has 0 bridgehead atoms. The number of nitrogens with zero attached hydrogens (tertiary/aromatic N) is 3. The number of aromatic nitrogens is 2. The molecule has 0 saturated heterocycles. The maximum atomic E-state index is 12.5. The number of benzene rings is 1. The van der Waals surface area contributed by atoms with Crippen LogP contribution < -0.4 is 4.90 Å². The van der Waals surface area contributed by atoms with Crippen molar-refractivity contribution in [1.82, 2.24) is 9.97 Å². The van der Waals surface area contributed by atoms with Crippen LogP contribution >= 0.6 is 11.3 Å². The van der Waals surface area contributed by atoms with Crippen LogP contribution in [0.3, 0.4) is 0 Å². The van der Waals surface area contributed by atoms with Crippen molar-refractivity contribution in [2.24, 2.45) is 0 Å². The first-order valence-electron chi connectivity index (χ1n) is 8.04. The lowest BCUT2D eigenvalue weighted by atomic mass is 10.2. The quantitative estimate of drug-likeness (QED) is 0.730. The van der Waals surface area contributed by atoms with Crippen molar-refractivity contribution in [2.45, 2.75) is 19.3 Å². The molecule has 0 saturated carbocycles. The van der Waals surface area contributed by atoms with Crippen molar-refractivity contribution in [1.29, 1.82) is 0 Å². The summed E-state index contributed by atoms with van der Waals surface area (Å²) in [6.45, 7) is 0.788. The van der Waals surface area contributed by atoms with Crippen molar-refractivity contribution >= 4 is 22.9 Å². The SMILES string of the molecule is O=C(CCc1csc(-c2cccnc2)n1)N1CCc2ccccc21. The summed E-state index contributed by atoms with van der Waals surface area (Å²) < 4.78 is 0. The summed E-state index contributed by atoms with van der Waals surface area (Å²) in [6, 6.07) is 12.1. The van der Waals surface area contributed by atoms with Gasteiger partial charge in [0.15, 0.2) is 0 Å². The molecule has 0 aliphatic carbocycles. The van der Waals surface area contributed by atoms with Crippen LogP contribution in [0.5, 0.6) is 0 Å². The Morgan fingerprint density at radius 2 is 2.12 bits per heavy atom. The summed E-state index contributed by atoms with van der Waals surface area (Å²) in [4.78, 5) is 23.2. The molecular weight excluding hydrogens is 318 g/mol. The lowest BCUT2D eigenvalue weighted by molar-refractivity contribution is -0.118. The molecule has 24 heavy (non-hydrogen) atoms. The zero-order chi connectivity index (χ0) is 16.4. The van der Waals surface area contributed by atoms with E-state index in [0.717, 1.165) is 34.9 Å². The summed E-state index contributed by atoms with van der Waals surface area (Å²) in [5.41, 5.74) is 4.32. The van der Waals surface area contributed by atoms with Gasteiger partial charge in [0.05, 0.1) is 5.69 Å². The normalized spacial score (nSPS) is 13.1. The third-order valence-electron chi connectivity index (χ3n) is 4.24. The maximum Gasteiger partial charge on any atom is 0.227 e. The average molecular weight is 335 g/mol. The Balaban J connectivity index is 1.41. The molecule has 0 unspecified atom stereocenters. The van der Waals surface area contributed by atoms with Crippen molar-refractivity contribution in [3.05, 3.63) is 65.4 Å². The molecule has 1 amide bonds. The van der Waals surface area contributed by atoms with Gasteiger partial charge in [0.25, 0.3) is 0 Å². The second-order valence-electron chi connectivity index (χ2n) is 5.81. The van der Waals surface area contributed by atoms with E-state index in [1.807, 2.05) is 46.8 Å². The van der Waals surface area contributed by atoms with Crippen molar-refractivity contribution in [3.63, 3.8) is 0 Å². The Bertz CT molecular complexity index is 860. The molecule has 120 valence electrons. The number of aryl methyl sites for hydroxylation is 1. The third-order valence-corrected chi connectivity index (χ3v) is 5.18. The number of fused-ring (bicyclic) bond motifs is 1. The molecule has 0 fully saturated rings. The van der Waals surface area contributed by atoms with Crippen LogP contribution in [0.25, 0.3) is 10.6 Å². The monoisotopic (exact) mass is 335 g/mol. The van der Waals surface area contributed by atoms with Gasteiger partial charge in [-0.05, 0) is 36.6 Å². The molecule has 1 aliphatic rings. The Kier molecular flexibility index (Phi) is 4.09. The predicted octanol–water partition coefficient (Wildman–Crippen LogP) is 3.73. The molecule has 0 atom stereocenters. The van der Waals surface area contributed by atoms with E-state index in [9.17, 15) is 4.79 Å². The van der Waals surface area contributed by atoms with Crippen LogP contribution in [0.4, 0.5) is 5.69 Å². The molecule has 3 aromatic rings. The highest BCUT2D eigenvalue weighted by molar-refractivity contribution is 7.13. The highest BCUT2D eigenvalue weighted by Gasteiger charge is 2.23. The molecule has 1 aliphatic heterocycles. The van der Waals surface area contributed by atoms with Gasteiger partial charge in [0, 0.05) is 42.0 Å². The van der Waals surface area contributed by atoms with Crippen LogP contribution in [0, 0.1) is 0 Å². The second-order valence-corrected chi connectivity index (χ2v) is 6.67. The Morgan fingerprint density at radius 3 is 3.00 bits per heavy atom. The van der Waals surface area contributed by atoms with E-state index < -0.39 is 0 Å². The van der Waals surface area contributed by atoms with Gasteiger partial charge in [0.2, 0.25) is 5.91 Å². The van der Waals surface area contributed by atoms with E-state index in [4.69, 9.17) is 0 Å². The second kappa shape index (κ2) is 6.53. The molecular formula is C19H17N3OS. The van der Waals surface area contributed by atoms with Gasteiger partial charge in [-0.2, -0.15) is 0 Å². The number of carbonyl (C=O) groups excluding carboxylic acids is 1. The highest BCUT2D eigenvalue weighted by atomic mass is 32.1. The summed E-state index contributed by atoms with van der Waals surface area (Å²) >= 11 is 1.60. The van der Waals surface area contributed by atoms with Crippen molar-refractivity contribution < 1.29 is 4.79 Å². The van der Waals surface area contributed by atoms with Gasteiger partial charge in [-0.1, -0.05) is 18.2 Å². The highest BCUT2D eigenvalue weighted by Crippen LogP contribution is 2.28. The summed E-state index contributed by atoms with van der Waals surface area (Å²) in [5.74, 6) is 0.177. The minimum atomic E-state index is 0.177. The summed E-state index contributed by atoms with van der Waals surface area (Å²) in [7, 11) is 0. The number of thiazole rings is 1. The van der Waals surface area contributed by atoms with Gasteiger partial charge in [-0.3, -0.25) is 9.78 Å². The number of hydrogen-bond donors (Lipinski definition) is 0. The fourth-order valence-electron chi connectivity index (χ4n) is 3.01. The topological polar surface area (TPSA) is 46.1 Å². The first kappa shape index (κ1) is 15.0. The van der Waals surface area contributed by atoms with Gasteiger partial charge < -0.3 is 4.90 Å². The number of pyridine rings is 1. The minimum Gasteiger partial charge on any atom is -0.312 e. The van der Waals surface area contributed by atoms with Crippen molar-refractivity contribution in [3.8, 4) is 10.6 Å². The number of amides is 1. The molecule has 5 heteroatoms. The molecule has 4 rings (SSSR count). The van der Waals surface area contributed by atoms with Crippen LogP contribution in [-0.2, 0) is 17.6 Å². The first-order valence-corrected chi connectivity index (χ1v) is 8.92. The van der Waals surface area contributed by atoms with Gasteiger partial charge in [-0.25, -0.2) is 4.98 Å². The molecule has 0 N–H and O–H groups in total. The van der Waals surface area contributed by atoms with Crippen LogP contribution in [0.1, 0.15) is 17.7 Å². The molecule has 0 spiro atoms. The first-order chi connectivity index (χ1) is 11.8. The lowest BCUT2D eigenvalue weighted by Crippen LogP contribution is -2.29. The number of anilines is 1. The Morgan fingerprint density at radius 1 is 1.21 bits per heavy atom. The predicted molar refractivity (Wildman–Crippen MR) is 96.2 cm³/mol. The van der Waals surface area contributed by atoms with Crippen LogP contribution in [-0.4, -0.2) is 22.4 Å². The Labute approximate surface area is 144 Å². The summed E-state index contributed by atoms with van der Waals surface area (Å²) in [5, 5.41) is 2.99. The zero-order valence-corrected chi connectivity index (χ0v) is 14.0. The van der Waals surface area contributed by atoms with E-state index >= 15 is 0 Å². The molecule has 3 heterocycles. The van der Waals surface area contributed by atoms with Gasteiger partial charge >= 0.3 is 0 Å². The molecule has 4 nitrogen and oxygen atoms in total. The standard InChI is InChI=1S/C19H17N3OS/c23-18(22-11-9-14-4-1-2-6-17(14)22)8-7-16-13-24-19(21-16)15-5-3-10-20-12-15/h1-6,10,12-13H,7-9,11H2. The fraction of sp³-hybridized carbons (Fsp3) is 0.211. The third kappa shape index (κ3) is 2.95. The number of rotatable bonds is 4. The number of para-hydroxylation sites is 1. The molecule has 0 radical (unpaired) electrons. The average Bonchev–Trinajstić information content (AvgIpc) is 3.27. The maximum absolute atomic E-state index is 12.5. The Hall–Kier alpha value is -2.53. The van der Waals surface area contributed by atoms with Crippen molar-refractivity contribution in [2.75, 3.05) is 11.4 Å². The zero-order valence-electron chi connectivity index (χ0n) is 13.2. The number of carbonyl (C=O) groups is 1. The largest absolute Gasteiger partial charge is 0.312 e. The fourth-order valence-corrected chi connectivity index (χ4v) is 3.86. The summed E-state index contributed by atoms with van der Waals surface area (Å²) in [6.07, 6.45) is 5.68. The van der Waals surface area contributed by atoms with Crippen LogP contribution in [0.15, 0.2) is 54.2 Å². The van der Waals surface area contributed by atoms with E-state index in [1.165, 1.54) is 5.56 Å². The lowest BCUT2D eigenvalue weighted by Gasteiger charge is -2.16. The van der Waals surface area contributed by atoms with Crippen LogP contribution in [0.2, 0.25) is 0 Å². The van der Waals surface area contributed by atoms with Gasteiger partial charge in [-0.15, -0.1) is 11.3 Å². The van der Waals surface area contributed by atoms with E-state index in [2.05, 4.69) is 16.0 Å². The van der Waals surface area contributed by atoms with E-state index in [0.29, 0.717) is 12.8 Å². The van der Waals surface area contributed by atoms with Gasteiger partial charge in [0.1, 0.15) is 5.01 Å². The number of hydrogen-bond acceptors (Lipinski definition) is 4. The van der Waals surface area contributed by atoms with E-state index in [-0.39, 0.29) is 5.91 Å². The van der Waals surface area contributed by atoms with E-state index in [1.54, 1.807) is 17.5 Å².